The van der Waals surface area contributed by atoms with Crippen molar-refractivity contribution in [2.45, 2.75) is 26.3 Å². The molecule has 1 fully saturated rings. The molecule has 4 aromatic carbocycles. The quantitative estimate of drug-likeness (QED) is 0.199. The first-order valence-corrected chi connectivity index (χ1v) is 19.1. The smallest absolute Gasteiger partial charge is 0.365 e. The molecular formula is C34H34ClNO5P2S. The van der Waals surface area contributed by atoms with Gasteiger partial charge in [0.25, 0.3) is 0 Å². The van der Waals surface area contributed by atoms with Crippen LogP contribution in [0.3, 0.4) is 0 Å². The Hall–Kier alpha value is -2.73. The highest BCUT2D eigenvalue weighted by Gasteiger charge is 2.44. The average Bonchev–Trinajstić information content (AvgIpc) is 3.04. The first-order chi connectivity index (χ1) is 21.1. The van der Waals surface area contributed by atoms with Gasteiger partial charge in [-0.05, 0) is 35.9 Å². The maximum absolute atomic E-state index is 14.6. The zero-order valence-corrected chi connectivity index (χ0v) is 28.1. The van der Waals surface area contributed by atoms with Gasteiger partial charge in [-0.2, -0.15) is 0 Å². The van der Waals surface area contributed by atoms with Gasteiger partial charge >= 0.3 is 7.60 Å². The van der Waals surface area contributed by atoms with Crippen molar-refractivity contribution in [3.63, 3.8) is 0 Å². The van der Waals surface area contributed by atoms with Gasteiger partial charge in [-0.1, -0.05) is 110 Å². The first-order valence-electron chi connectivity index (χ1n) is 14.3. The van der Waals surface area contributed by atoms with Crippen LogP contribution in [0, 0.1) is 5.41 Å². The Balaban J connectivity index is 1.51. The molecule has 0 amide bonds. The summed E-state index contributed by atoms with van der Waals surface area (Å²) in [5.41, 5.74) is 1.27. The predicted octanol–water partition coefficient (Wildman–Crippen LogP) is 8.44. The molecule has 2 heterocycles. The Kier molecular flexibility index (Phi) is 8.94. The number of halogens is 1. The van der Waals surface area contributed by atoms with Crippen molar-refractivity contribution < 1.29 is 23.1 Å². The van der Waals surface area contributed by atoms with Crippen molar-refractivity contribution >= 4 is 53.1 Å². The largest absolute Gasteiger partial charge is 0.497 e. The van der Waals surface area contributed by atoms with Gasteiger partial charge in [-0.3, -0.25) is 9.65 Å². The molecule has 6 rings (SSSR count). The maximum atomic E-state index is 14.6. The van der Waals surface area contributed by atoms with Crippen LogP contribution in [0.15, 0.2) is 109 Å². The van der Waals surface area contributed by atoms with E-state index in [9.17, 15) is 4.57 Å². The van der Waals surface area contributed by atoms with Crippen LogP contribution in [0.1, 0.15) is 37.4 Å². The number of fused-ring (bicyclic) bond motifs is 1. The zero-order valence-electron chi connectivity index (χ0n) is 24.7. The minimum atomic E-state index is -3.79. The highest BCUT2D eigenvalue weighted by Crippen LogP contribution is 2.66. The lowest BCUT2D eigenvalue weighted by Crippen LogP contribution is -2.33. The summed E-state index contributed by atoms with van der Waals surface area (Å²) in [6.45, 7) is 4.61. The van der Waals surface area contributed by atoms with Gasteiger partial charge in [0.1, 0.15) is 22.6 Å². The summed E-state index contributed by atoms with van der Waals surface area (Å²) in [7, 11) is -2.18. The van der Waals surface area contributed by atoms with Crippen LogP contribution in [0.2, 0.25) is 5.02 Å². The molecule has 10 heteroatoms. The molecule has 0 aliphatic carbocycles. The highest BCUT2D eigenvalue weighted by molar-refractivity contribution is 8.20. The number of hydrogen-bond acceptors (Lipinski definition) is 6. The number of ether oxygens (including phenoxy) is 2. The minimum Gasteiger partial charge on any atom is -0.497 e. The van der Waals surface area contributed by atoms with Gasteiger partial charge in [0, 0.05) is 39.1 Å². The Morgan fingerprint density at radius 2 is 1.52 bits per heavy atom. The fourth-order valence-corrected chi connectivity index (χ4v) is 11.4. The number of nitrogens with one attached hydrogen (secondary N) is 1. The lowest BCUT2D eigenvalue weighted by molar-refractivity contribution is 0.0465. The second-order valence-corrected chi connectivity index (χ2v) is 18.2. The molecule has 0 saturated carbocycles. The Morgan fingerprint density at radius 1 is 0.932 bits per heavy atom. The van der Waals surface area contributed by atoms with E-state index in [4.69, 9.17) is 41.9 Å². The van der Waals surface area contributed by atoms with E-state index in [0.29, 0.717) is 39.6 Å². The van der Waals surface area contributed by atoms with Crippen molar-refractivity contribution in [1.29, 1.82) is 0 Å². The van der Waals surface area contributed by atoms with E-state index in [0.717, 1.165) is 16.2 Å². The zero-order chi connectivity index (χ0) is 31.0. The Morgan fingerprint density at radius 3 is 2.09 bits per heavy atom. The lowest BCUT2D eigenvalue weighted by Gasteiger charge is -2.38. The summed E-state index contributed by atoms with van der Waals surface area (Å²) < 4.78 is 38.8. The van der Waals surface area contributed by atoms with E-state index in [-0.39, 0.29) is 24.7 Å². The molecule has 2 aliphatic rings. The number of benzene rings is 4. The molecule has 1 atom stereocenters. The number of rotatable bonds is 7. The third kappa shape index (κ3) is 6.34. The fourth-order valence-electron chi connectivity index (χ4n) is 5.36. The highest BCUT2D eigenvalue weighted by atomic mass is 35.5. The van der Waals surface area contributed by atoms with Gasteiger partial charge in [-0.25, -0.2) is 0 Å². The summed E-state index contributed by atoms with van der Waals surface area (Å²) >= 11 is 13.1. The average molecular weight is 666 g/mol. The summed E-state index contributed by atoms with van der Waals surface area (Å²) in [5.74, 6) is 1.78. The molecule has 2 aliphatic heterocycles. The number of hydrogen-bond donors (Lipinski definition) is 1. The number of methoxy groups -OCH3 is 1. The standard InChI is InChI=1S/C34H34ClNO5P2S/c1-34(2)22-39-43(37,40-23-34)33(24-14-17-26(38-3)18-15-24)32-21-30(29-20-25(35)16-19-31(29)41-32)36-42(44,27-10-6-4-7-11-27)28-12-8-5-9-13-28/h4-20,30H,21-23H2,1-3H3,(H,36,44)/b33-32-. The van der Waals surface area contributed by atoms with Crippen LogP contribution >= 0.6 is 25.4 Å². The summed E-state index contributed by atoms with van der Waals surface area (Å²) in [5, 5.41) is 6.95. The molecule has 0 spiro atoms. The molecular weight excluding hydrogens is 632 g/mol. The van der Waals surface area contributed by atoms with Crippen molar-refractivity contribution in [2.75, 3.05) is 20.3 Å². The normalized spacial score (nSPS) is 20.2. The maximum Gasteiger partial charge on any atom is 0.365 e. The van der Waals surface area contributed by atoms with Gasteiger partial charge in [0.2, 0.25) is 0 Å². The monoisotopic (exact) mass is 665 g/mol. The van der Waals surface area contributed by atoms with Crippen LogP contribution in [0.25, 0.3) is 5.31 Å². The summed E-state index contributed by atoms with van der Waals surface area (Å²) in [6, 6.07) is 32.9. The van der Waals surface area contributed by atoms with Crippen molar-refractivity contribution in [3.05, 3.63) is 125 Å². The third-order valence-corrected chi connectivity index (χ3v) is 14.2. The topological polar surface area (TPSA) is 66.0 Å². The molecule has 0 bridgehead atoms. The van der Waals surface area contributed by atoms with Gasteiger partial charge in [0.15, 0.2) is 0 Å². The molecule has 4 aromatic rings. The fraction of sp³-hybridized carbons (Fsp3) is 0.235. The van der Waals surface area contributed by atoms with E-state index < -0.39 is 13.8 Å². The second-order valence-electron chi connectivity index (χ2n) is 11.7. The van der Waals surface area contributed by atoms with Crippen molar-refractivity contribution in [2.24, 2.45) is 5.41 Å². The van der Waals surface area contributed by atoms with Crippen molar-refractivity contribution in [1.82, 2.24) is 5.09 Å². The third-order valence-electron chi connectivity index (χ3n) is 7.70. The molecule has 44 heavy (non-hydrogen) atoms. The predicted molar refractivity (Wildman–Crippen MR) is 182 cm³/mol. The van der Waals surface area contributed by atoms with E-state index in [1.165, 1.54) is 0 Å². The lowest BCUT2D eigenvalue weighted by atomic mass is 9.97. The van der Waals surface area contributed by atoms with Crippen LogP contribution < -0.4 is 25.2 Å². The molecule has 0 radical (unpaired) electrons. The van der Waals surface area contributed by atoms with Crippen LogP contribution in [0.4, 0.5) is 0 Å². The van der Waals surface area contributed by atoms with Crippen molar-refractivity contribution in [3.8, 4) is 11.5 Å². The van der Waals surface area contributed by atoms with Crippen LogP contribution in [-0.4, -0.2) is 20.3 Å². The molecule has 1 N–H and O–H groups in total. The first kappa shape index (κ1) is 31.3. The van der Waals surface area contributed by atoms with Crippen LogP contribution in [0.5, 0.6) is 11.5 Å². The summed E-state index contributed by atoms with van der Waals surface area (Å²) in [4.78, 5) is 0. The minimum absolute atomic E-state index is 0.276. The molecule has 1 saturated heterocycles. The Bertz CT molecular complexity index is 1720. The van der Waals surface area contributed by atoms with Gasteiger partial charge in [-0.15, -0.1) is 0 Å². The Labute approximate surface area is 268 Å². The van der Waals surface area contributed by atoms with E-state index >= 15 is 0 Å². The van der Waals surface area contributed by atoms with Crippen LogP contribution in [-0.2, 0) is 25.4 Å². The van der Waals surface area contributed by atoms with E-state index in [1.807, 2.05) is 86.6 Å². The van der Waals surface area contributed by atoms with Gasteiger partial charge < -0.3 is 18.5 Å². The molecule has 6 nitrogen and oxygen atoms in total. The van der Waals surface area contributed by atoms with E-state index in [2.05, 4.69) is 29.4 Å². The molecule has 1 unspecified atom stereocenters. The SMILES string of the molecule is COc1ccc(/C(=C2\CC(NP(=S)(c3ccccc3)c3ccccc3)c3cc(Cl)ccc3O2)P2(=O)OCC(C)(C)CO2)cc1. The van der Waals surface area contributed by atoms with Gasteiger partial charge in [0.05, 0.1) is 26.5 Å². The molecule has 228 valence electrons. The second kappa shape index (κ2) is 12.6. The summed E-state index contributed by atoms with van der Waals surface area (Å²) in [6.07, 6.45) is -2.21. The van der Waals surface area contributed by atoms with E-state index in [1.54, 1.807) is 13.2 Å². The molecule has 0 aromatic heterocycles.